The average molecular weight is 279 g/mol. The van der Waals surface area contributed by atoms with Gasteiger partial charge >= 0.3 is 0 Å². The van der Waals surface area contributed by atoms with Crippen LogP contribution in [-0.4, -0.2) is 24.5 Å². The van der Waals surface area contributed by atoms with E-state index in [2.05, 4.69) is 4.90 Å². The molecule has 1 fully saturated rings. The Balaban J connectivity index is 0.00000144. The van der Waals surface area contributed by atoms with Gasteiger partial charge in [-0.25, -0.2) is 4.39 Å². The number of hydrogen-bond donors (Lipinski definition) is 1. The van der Waals surface area contributed by atoms with E-state index in [9.17, 15) is 4.39 Å². The van der Waals surface area contributed by atoms with Crippen LogP contribution in [0.25, 0.3) is 0 Å². The third kappa shape index (κ3) is 3.81. The fourth-order valence-electron chi connectivity index (χ4n) is 2.15. The van der Waals surface area contributed by atoms with E-state index in [-0.39, 0.29) is 23.2 Å². The molecule has 1 heterocycles. The molecule has 0 aliphatic carbocycles. The summed E-state index contributed by atoms with van der Waals surface area (Å²) in [5.41, 5.74) is 6.70. The van der Waals surface area contributed by atoms with Gasteiger partial charge in [0.25, 0.3) is 0 Å². The van der Waals surface area contributed by atoms with Crippen LogP contribution in [0.3, 0.4) is 0 Å². The molecular formula is C12H17Cl2FN2. The standard InChI is InChI=1S/C12H16ClFN2.ClH/c13-11-5-9(1-2-12(11)14)7-16-4-3-10(6-15)8-16;/h1-2,5,10H,3-4,6-8,15H2;1H. The molecule has 1 unspecified atom stereocenters. The summed E-state index contributed by atoms with van der Waals surface area (Å²) >= 11 is 5.74. The molecule has 0 spiro atoms. The Hall–Kier alpha value is -0.350. The first kappa shape index (κ1) is 14.7. The molecule has 1 aromatic carbocycles. The van der Waals surface area contributed by atoms with E-state index in [0.29, 0.717) is 5.92 Å². The molecule has 2 N–H and O–H groups in total. The largest absolute Gasteiger partial charge is 0.330 e. The first-order valence-electron chi connectivity index (χ1n) is 5.55. The molecular weight excluding hydrogens is 262 g/mol. The van der Waals surface area contributed by atoms with Crippen LogP contribution < -0.4 is 5.73 Å². The third-order valence-corrected chi connectivity index (χ3v) is 3.38. The Kier molecular flexibility index (Phi) is 5.67. The molecule has 1 aliphatic rings. The van der Waals surface area contributed by atoms with Gasteiger partial charge in [0.05, 0.1) is 5.02 Å². The molecule has 0 radical (unpaired) electrons. The van der Waals surface area contributed by atoms with Gasteiger partial charge in [0, 0.05) is 13.1 Å². The van der Waals surface area contributed by atoms with Gasteiger partial charge in [-0.1, -0.05) is 17.7 Å². The minimum absolute atomic E-state index is 0. The molecule has 0 aromatic heterocycles. The summed E-state index contributed by atoms with van der Waals surface area (Å²) in [7, 11) is 0. The second-order valence-corrected chi connectivity index (χ2v) is 4.78. The number of benzene rings is 1. The van der Waals surface area contributed by atoms with Crippen molar-refractivity contribution in [3.8, 4) is 0 Å². The molecule has 0 amide bonds. The maximum atomic E-state index is 13.0. The van der Waals surface area contributed by atoms with Crippen molar-refractivity contribution >= 4 is 24.0 Å². The van der Waals surface area contributed by atoms with E-state index in [4.69, 9.17) is 17.3 Å². The van der Waals surface area contributed by atoms with Crippen molar-refractivity contribution in [2.75, 3.05) is 19.6 Å². The van der Waals surface area contributed by atoms with Crippen molar-refractivity contribution in [2.24, 2.45) is 11.7 Å². The van der Waals surface area contributed by atoms with Gasteiger partial charge < -0.3 is 5.73 Å². The second kappa shape index (κ2) is 6.55. The summed E-state index contributed by atoms with van der Waals surface area (Å²) in [4.78, 5) is 2.33. The Morgan fingerprint density at radius 1 is 1.47 bits per heavy atom. The van der Waals surface area contributed by atoms with Crippen molar-refractivity contribution < 1.29 is 4.39 Å². The van der Waals surface area contributed by atoms with Gasteiger partial charge in [-0.2, -0.15) is 0 Å². The normalized spacial score (nSPS) is 20.3. The Bertz CT molecular complexity index is 374. The molecule has 2 nitrogen and oxygen atoms in total. The van der Waals surface area contributed by atoms with Gasteiger partial charge in [0.1, 0.15) is 5.82 Å². The summed E-state index contributed by atoms with van der Waals surface area (Å²) in [6, 6.07) is 4.91. The van der Waals surface area contributed by atoms with Crippen LogP contribution in [0.2, 0.25) is 5.02 Å². The van der Waals surface area contributed by atoms with E-state index < -0.39 is 0 Å². The van der Waals surface area contributed by atoms with Crippen molar-refractivity contribution in [1.82, 2.24) is 4.90 Å². The Labute approximate surface area is 112 Å². The number of rotatable bonds is 3. The van der Waals surface area contributed by atoms with Gasteiger partial charge in [-0.05, 0) is 43.1 Å². The quantitative estimate of drug-likeness (QED) is 0.921. The molecule has 1 aromatic rings. The molecule has 96 valence electrons. The minimum Gasteiger partial charge on any atom is -0.330 e. The molecule has 1 atom stereocenters. The SMILES string of the molecule is Cl.NCC1CCN(Cc2ccc(F)c(Cl)c2)C1. The van der Waals surface area contributed by atoms with Crippen LogP contribution in [0, 0.1) is 11.7 Å². The number of nitrogens with zero attached hydrogens (tertiary/aromatic N) is 1. The van der Waals surface area contributed by atoms with Crippen LogP contribution in [-0.2, 0) is 6.54 Å². The first-order chi connectivity index (χ1) is 7.69. The van der Waals surface area contributed by atoms with Crippen LogP contribution in [0.5, 0.6) is 0 Å². The van der Waals surface area contributed by atoms with Crippen molar-refractivity contribution in [3.63, 3.8) is 0 Å². The van der Waals surface area contributed by atoms with Crippen LogP contribution in [0.1, 0.15) is 12.0 Å². The Morgan fingerprint density at radius 2 is 2.24 bits per heavy atom. The molecule has 1 aliphatic heterocycles. The van der Waals surface area contributed by atoms with Crippen LogP contribution in [0.4, 0.5) is 4.39 Å². The van der Waals surface area contributed by atoms with Crippen molar-refractivity contribution in [1.29, 1.82) is 0 Å². The number of halogens is 3. The lowest BCUT2D eigenvalue weighted by Crippen LogP contribution is -2.22. The molecule has 17 heavy (non-hydrogen) atoms. The summed E-state index contributed by atoms with van der Waals surface area (Å²) in [6.07, 6.45) is 1.16. The average Bonchev–Trinajstić information content (AvgIpc) is 2.71. The molecule has 5 heteroatoms. The lowest BCUT2D eigenvalue weighted by Gasteiger charge is -2.15. The van der Waals surface area contributed by atoms with Crippen molar-refractivity contribution in [3.05, 3.63) is 34.6 Å². The number of likely N-dealkylation sites (tertiary alicyclic amines) is 1. The summed E-state index contributed by atoms with van der Waals surface area (Å²) in [6.45, 7) is 3.68. The second-order valence-electron chi connectivity index (χ2n) is 4.37. The Morgan fingerprint density at radius 3 is 2.82 bits per heavy atom. The van der Waals surface area contributed by atoms with Gasteiger partial charge in [0.2, 0.25) is 0 Å². The molecule has 2 rings (SSSR count). The van der Waals surface area contributed by atoms with E-state index in [1.54, 1.807) is 12.1 Å². The molecule has 1 saturated heterocycles. The zero-order valence-corrected chi connectivity index (χ0v) is 11.1. The minimum atomic E-state index is -0.355. The lowest BCUT2D eigenvalue weighted by molar-refractivity contribution is 0.318. The van der Waals surface area contributed by atoms with E-state index in [0.717, 1.165) is 38.2 Å². The van der Waals surface area contributed by atoms with Crippen LogP contribution >= 0.6 is 24.0 Å². The topological polar surface area (TPSA) is 29.3 Å². The third-order valence-electron chi connectivity index (χ3n) is 3.09. The van der Waals surface area contributed by atoms with E-state index in [1.807, 2.05) is 0 Å². The van der Waals surface area contributed by atoms with Gasteiger partial charge in [-0.3, -0.25) is 4.90 Å². The monoisotopic (exact) mass is 278 g/mol. The van der Waals surface area contributed by atoms with Crippen molar-refractivity contribution in [2.45, 2.75) is 13.0 Å². The highest BCUT2D eigenvalue weighted by atomic mass is 35.5. The highest BCUT2D eigenvalue weighted by Crippen LogP contribution is 2.20. The smallest absolute Gasteiger partial charge is 0.141 e. The first-order valence-corrected chi connectivity index (χ1v) is 5.93. The fourth-order valence-corrected chi connectivity index (χ4v) is 2.35. The van der Waals surface area contributed by atoms with Gasteiger partial charge in [0.15, 0.2) is 0 Å². The number of nitrogens with two attached hydrogens (primary N) is 1. The predicted octanol–water partition coefficient (Wildman–Crippen LogP) is 2.68. The zero-order valence-electron chi connectivity index (χ0n) is 9.53. The maximum Gasteiger partial charge on any atom is 0.141 e. The van der Waals surface area contributed by atoms with E-state index >= 15 is 0 Å². The predicted molar refractivity (Wildman–Crippen MR) is 71.1 cm³/mol. The van der Waals surface area contributed by atoms with Gasteiger partial charge in [-0.15, -0.1) is 12.4 Å². The maximum absolute atomic E-state index is 13.0. The highest BCUT2D eigenvalue weighted by molar-refractivity contribution is 6.30. The summed E-state index contributed by atoms with van der Waals surface area (Å²) in [5.74, 6) is 0.252. The summed E-state index contributed by atoms with van der Waals surface area (Å²) in [5, 5.41) is 0.201. The highest BCUT2D eigenvalue weighted by Gasteiger charge is 2.21. The molecule has 0 saturated carbocycles. The zero-order chi connectivity index (χ0) is 11.5. The van der Waals surface area contributed by atoms with E-state index in [1.165, 1.54) is 6.07 Å². The molecule has 0 bridgehead atoms. The van der Waals surface area contributed by atoms with Crippen LogP contribution in [0.15, 0.2) is 18.2 Å². The number of hydrogen-bond acceptors (Lipinski definition) is 2. The summed E-state index contributed by atoms with van der Waals surface area (Å²) < 4.78 is 13.0. The fraction of sp³-hybridized carbons (Fsp3) is 0.500. The lowest BCUT2D eigenvalue weighted by atomic mass is 10.1.